The normalized spacial score (nSPS) is 21.3. The van der Waals surface area contributed by atoms with Gasteiger partial charge in [0.1, 0.15) is 11.4 Å². The van der Waals surface area contributed by atoms with E-state index in [9.17, 15) is 14.7 Å². The predicted octanol–water partition coefficient (Wildman–Crippen LogP) is 4.67. The van der Waals surface area contributed by atoms with Gasteiger partial charge in [-0.1, -0.05) is 43.7 Å². The number of allylic oxidation sites excluding steroid dienone is 1. The van der Waals surface area contributed by atoms with Crippen LogP contribution in [-0.4, -0.2) is 38.3 Å². The molecule has 2 N–H and O–H groups in total. The fraction of sp³-hybridized carbons (Fsp3) is 0.591. The van der Waals surface area contributed by atoms with Gasteiger partial charge in [-0.15, -0.1) is 17.3 Å². The van der Waals surface area contributed by atoms with Gasteiger partial charge in [0.15, 0.2) is 10.0 Å². The minimum absolute atomic E-state index is 0.0189. The second kappa shape index (κ2) is 11.0. The molecular formula is C22H29NO4S2. The highest BCUT2D eigenvalue weighted by atomic mass is 32.2. The molecule has 2 rings (SSSR count). The second-order valence-electron chi connectivity index (χ2n) is 8.02. The SMILES string of the molecule is CC(C)CC#C[C@@](C)(O)C/C=C/[C@@H]1CCC(=O)[C@@H]1CCSc1nc(C(=O)O)cs1. The summed E-state index contributed by atoms with van der Waals surface area (Å²) in [6.45, 7) is 5.91. The molecule has 3 atom stereocenters. The summed E-state index contributed by atoms with van der Waals surface area (Å²) in [5.41, 5.74) is -0.981. The number of carbonyl (C=O) groups excluding carboxylic acids is 1. The Morgan fingerprint density at radius 2 is 2.28 bits per heavy atom. The van der Waals surface area contributed by atoms with Gasteiger partial charge < -0.3 is 10.2 Å². The number of hydrogen-bond donors (Lipinski definition) is 2. The second-order valence-corrected chi connectivity index (χ2v) is 10.2. The lowest BCUT2D eigenvalue weighted by atomic mass is 9.91. The molecule has 0 bridgehead atoms. The minimum Gasteiger partial charge on any atom is -0.476 e. The van der Waals surface area contributed by atoms with E-state index in [2.05, 4.69) is 36.7 Å². The summed E-state index contributed by atoms with van der Waals surface area (Å²) in [4.78, 5) is 27.2. The van der Waals surface area contributed by atoms with Crippen LogP contribution in [0.2, 0.25) is 0 Å². The number of carboxylic acids is 1. The van der Waals surface area contributed by atoms with Crippen molar-refractivity contribution < 1.29 is 19.8 Å². The molecule has 0 amide bonds. The molecule has 0 unspecified atom stereocenters. The van der Waals surface area contributed by atoms with Crippen molar-refractivity contribution in [2.75, 3.05) is 5.75 Å². The largest absolute Gasteiger partial charge is 0.476 e. The Morgan fingerprint density at radius 1 is 1.52 bits per heavy atom. The molecule has 1 heterocycles. The van der Waals surface area contributed by atoms with E-state index in [0.29, 0.717) is 18.8 Å². The van der Waals surface area contributed by atoms with Crippen LogP contribution >= 0.6 is 23.1 Å². The Balaban J connectivity index is 1.84. The van der Waals surface area contributed by atoms with E-state index in [1.165, 1.54) is 28.5 Å². The Labute approximate surface area is 181 Å². The molecule has 1 aromatic rings. The van der Waals surface area contributed by atoms with E-state index >= 15 is 0 Å². The van der Waals surface area contributed by atoms with Gasteiger partial charge in [0.2, 0.25) is 0 Å². The number of carboxylic acid groups (broad SMARTS) is 1. The first-order valence-corrected chi connectivity index (χ1v) is 11.8. The standard InChI is InChI=1S/C22H29NO4S2/c1-15(2)6-4-11-22(3,27)12-5-7-16-8-9-19(24)17(16)10-13-28-21-23-18(14-29-21)20(25)26/h5,7,14-17,27H,6,8-10,12-13H2,1-3H3,(H,25,26)/b7-5+/t16-,17-,22-/m1/s1. The number of aromatic carboxylic acids is 1. The van der Waals surface area contributed by atoms with Crippen molar-refractivity contribution in [3.8, 4) is 11.8 Å². The maximum absolute atomic E-state index is 12.3. The molecule has 0 aromatic carbocycles. The summed E-state index contributed by atoms with van der Waals surface area (Å²) < 4.78 is 0.718. The molecule has 158 valence electrons. The average Bonchev–Trinajstić information content (AvgIpc) is 3.23. The van der Waals surface area contributed by atoms with Gasteiger partial charge >= 0.3 is 5.97 Å². The summed E-state index contributed by atoms with van der Waals surface area (Å²) in [5, 5.41) is 20.9. The number of aromatic nitrogens is 1. The Kier molecular flexibility index (Phi) is 8.94. The van der Waals surface area contributed by atoms with E-state index in [-0.39, 0.29) is 23.3 Å². The van der Waals surface area contributed by atoms with Crippen LogP contribution in [0.3, 0.4) is 0 Å². The molecule has 0 aliphatic heterocycles. The van der Waals surface area contributed by atoms with Gasteiger partial charge in [-0.2, -0.15) is 0 Å². The third-order valence-corrected chi connectivity index (χ3v) is 6.83. The number of ketones is 1. The lowest BCUT2D eigenvalue weighted by Crippen LogP contribution is -2.20. The van der Waals surface area contributed by atoms with E-state index in [1.807, 2.05) is 6.08 Å². The van der Waals surface area contributed by atoms with E-state index in [4.69, 9.17) is 5.11 Å². The first kappa shape index (κ1) is 23.7. The van der Waals surface area contributed by atoms with Crippen LogP contribution in [0.4, 0.5) is 0 Å². The zero-order valence-corrected chi connectivity index (χ0v) is 18.8. The zero-order chi connectivity index (χ0) is 21.4. The van der Waals surface area contributed by atoms with Crippen molar-refractivity contribution in [3.63, 3.8) is 0 Å². The summed E-state index contributed by atoms with van der Waals surface area (Å²) in [6.07, 6.45) is 7.40. The first-order valence-electron chi connectivity index (χ1n) is 9.91. The molecule has 0 saturated heterocycles. The summed E-state index contributed by atoms with van der Waals surface area (Å²) in [6, 6.07) is 0. The Hall–Kier alpha value is -1.62. The van der Waals surface area contributed by atoms with Crippen LogP contribution in [0.1, 0.15) is 63.4 Å². The summed E-state index contributed by atoms with van der Waals surface area (Å²) in [7, 11) is 0. The monoisotopic (exact) mass is 435 g/mol. The Morgan fingerprint density at radius 3 is 2.93 bits per heavy atom. The molecule has 5 nitrogen and oxygen atoms in total. The maximum atomic E-state index is 12.3. The fourth-order valence-corrected chi connectivity index (χ4v) is 5.10. The zero-order valence-electron chi connectivity index (χ0n) is 17.2. The fourth-order valence-electron chi connectivity index (χ4n) is 3.20. The molecule has 1 aliphatic rings. The average molecular weight is 436 g/mol. The predicted molar refractivity (Wildman–Crippen MR) is 117 cm³/mol. The van der Waals surface area contributed by atoms with Gasteiger partial charge in [-0.25, -0.2) is 9.78 Å². The highest BCUT2D eigenvalue weighted by Gasteiger charge is 2.32. The third-order valence-electron chi connectivity index (χ3n) is 4.78. The number of Topliss-reactive ketones (excluding diaryl/α,β-unsaturated/α-hetero) is 1. The van der Waals surface area contributed by atoms with Crippen molar-refractivity contribution in [1.29, 1.82) is 0 Å². The van der Waals surface area contributed by atoms with Crippen LogP contribution < -0.4 is 0 Å². The van der Waals surface area contributed by atoms with Crippen molar-refractivity contribution in [2.24, 2.45) is 17.8 Å². The smallest absolute Gasteiger partial charge is 0.355 e. The van der Waals surface area contributed by atoms with Gasteiger partial charge in [-0.05, 0) is 31.6 Å². The molecule has 0 spiro atoms. The number of thioether (sulfide) groups is 1. The number of thiazole rings is 1. The molecule has 29 heavy (non-hydrogen) atoms. The summed E-state index contributed by atoms with van der Waals surface area (Å²) >= 11 is 2.82. The first-order chi connectivity index (χ1) is 13.7. The molecule has 7 heteroatoms. The van der Waals surface area contributed by atoms with Gasteiger partial charge in [-0.3, -0.25) is 4.79 Å². The number of aliphatic hydroxyl groups is 1. The molecule has 1 aromatic heterocycles. The summed E-state index contributed by atoms with van der Waals surface area (Å²) in [5.74, 6) is 6.62. The van der Waals surface area contributed by atoms with Gasteiger partial charge in [0.25, 0.3) is 0 Å². The lowest BCUT2D eigenvalue weighted by Gasteiger charge is -2.16. The van der Waals surface area contributed by atoms with E-state index in [0.717, 1.165) is 29.4 Å². The van der Waals surface area contributed by atoms with E-state index < -0.39 is 11.6 Å². The van der Waals surface area contributed by atoms with Crippen molar-refractivity contribution in [1.82, 2.24) is 4.98 Å². The quantitative estimate of drug-likeness (QED) is 0.333. The van der Waals surface area contributed by atoms with Crippen LogP contribution in [0.15, 0.2) is 21.9 Å². The molecule has 0 radical (unpaired) electrons. The lowest BCUT2D eigenvalue weighted by molar-refractivity contribution is -0.121. The van der Waals surface area contributed by atoms with Crippen LogP contribution in [-0.2, 0) is 4.79 Å². The van der Waals surface area contributed by atoms with Crippen molar-refractivity contribution in [2.45, 2.75) is 62.8 Å². The number of nitrogens with zero attached hydrogens (tertiary/aromatic N) is 1. The van der Waals surface area contributed by atoms with Crippen LogP contribution in [0, 0.1) is 29.6 Å². The molecule has 1 aliphatic carbocycles. The maximum Gasteiger partial charge on any atom is 0.355 e. The molecule has 1 fully saturated rings. The minimum atomic E-state index is -1.05. The van der Waals surface area contributed by atoms with Crippen LogP contribution in [0.25, 0.3) is 0 Å². The highest BCUT2D eigenvalue weighted by molar-refractivity contribution is 8.01. The molecule has 1 saturated carbocycles. The van der Waals surface area contributed by atoms with Crippen LogP contribution in [0.5, 0.6) is 0 Å². The van der Waals surface area contributed by atoms with Gasteiger partial charge in [0.05, 0.1) is 0 Å². The Bertz CT molecular complexity index is 801. The number of hydrogen-bond acceptors (Lipinski definition) is 6. The number of rotatable bonds is 9. The van der Waals surface area contributed by atoms with Crippen molar-refractivity contribution >= 4 is 34.9 Å². The van der Waals surface area contributed by atoms with Crippen molar-refractivity contribution in [3.05, 3.63) is 23.2 Å². The van der Waals surface area contributed by atoms with E-state index in [1.54, 1.807) is 6.92 Å². The third kappa shape index (κ3) is 7.96. The highest BCUT2D eigenvalue weighted by Crippen LogP contribution is 2.35. The topological polar surface area (TPSA) is 87.5 Å². The molecular weight excluding hydrogens is 406 g/mol. The number of carbonyl (C=O) groups is 2. The van der Waals surface area contributed by atoms with Gasteiger partial charge in [0, 0.05) is 36.3 Å².